The number of rotatable bonds is 4. The summed E-state index contributed by atoms with van der Waals surface area (Å²) in [6.45, 7) is 4.13. The molecule has 0 fully saturated rings. The maximum atomic E-state index is 11.4. The number of aliphatic hydroxyl groups is 1. The van der Waals surface area contributed by atoms with Crippen molar-refractivity contribution in [1.82, 2.24) is 10.5 Å². The van der Waals surface area contributed by atoms with Crippen molar-refractivity contribution in [3.8, 4) is 0 Å². The Labute approximate surface area is 82.1 Å². The molecular weight excluding hydrogens is 184 g/mol. The Morgan fingerprint density at radius 1 is 1.71 bits per heavy atom. The van der Waals surface area contributed by atoms with E-state index < -0.39 is 0 Å². The first kappa shape index (κ1) is 10.7. The van der Waals surface area contributed by atoms with Crippen molar-refractivity contribution in [3.63, 3.8) is 0 Å². The molecule has 0 aliphatic rings. The molecule has 14 heavy (non-hydrogen) atoms. The second kappa shape index (κ2) is 4.23. The van der Waals surface area contributed by atoms with Crippen LogP contribution in [-0.2, 0) is 0 Å². The summed E-state index contributed by atoms with van der Waals surface area (Å²) in [5.74, 6) is -0.291. The van der Waals surface area contributed by atoms with E-state index in [1.54, 1.807) is 0 Å². The van der Waals surface area contributed by atoms with Crippen LogP contribution in [0.2, 0.25) is 0 Å². The zero-order valence-electron chi connectivity index (χ0n) is 8.28. The molecule has 1 aromatic rings. The SMILES string of the molecule is CC(C)(CO)CNC(=O)c1ccon1. The van der Waals surface area contributed by atoms with Gasteiger partial charge in [-0.25, -0.2) is 0 Å². The molecule has 0 atom stereocenters. The predicted molar refractivity (Wildman–Crippen MR) is 49.7 cm³/mol. The third kappa shape index (κ3) is 2.85. The van der Waals surface area contributed by atoms with Crippen LogP contribution in [0.4, 0.5) is 0 Å². The Kier molecular flexibility index (Phi) is 3.24. The molecule has 0 radical (unpaired) electrons. The van der Waals surface area contributed by atoms with Crippen LogP contribution in [0.1, 0.15) is 24.3 Å². The van der Waals surface area contributed by atoms with Crippen molar-refractivity contribution in [2.45, 2.75) is 13.8 Å². The van der Waals surface area contributed by atoms with E-state index in [0.717, 1.165) is 0 Å². The first-order valence-electron chi connectivity index (χ1n) is 4.34. The number of aliphatic hydroxyl groups excluding tert-OH is 1. The fourth-order valence-corrected chi connectivity index (χ4v) is 0.796. The number of carbonyl (C=O) groups excluding carboxylic acids is 1. The number of hydrogen-bond donors (Lipinski definition) is 2. The van der Waals surface area contributed by atoms with Gasteiger partial charge in [0, 0.05) is 24.6 Å². The van der Waals surface area contributed by atoms with Gasteiger partial charge in [0.15, 0.2) is 5.69 Å². The monoisotopic (exact) mass is 198 g/mol. The Morgan fingerprint density at radius 2 is 2.43 bits per heavy atom. The lowest BCUT2D eigenvalue weighted by Gasteiger charge is -2.21. The van der Waals surface area contributed by atoms with Crippen molar-refractivity contribution in [3.05, 3.63) is 18.0 Å². The number of nitrogens with one attached hydrogen (secondary N) is 1. The van der Waals surface area contributed by atoms with E-state index in [1.165, 1.54) is 12.3 Å². The fraction of sp³-hybridized carbons (Fsp3) is 0.556. The summed E-state index contributed by atoms with van der Waals surface area (Å²) in [7, 11) is 0. The summed E-state index contributed by atoms with van der Waals surface area (Å²) in [6.07, 6.45) is 1.34. The maximum Gasteiger partial charge on any atom is 0.273 e. The summed E-state index contributed by atoms with van der Waals surface area (Å²) in [6, 6.07) is 1.49. The second-order valence-corrected chi connectivity index (χ2v) is 3.89. The van der Waals surface area contributed by atoms with E-state index in [1.807, 2.05) is 13.8 Å². The van der Waals surface area contributed by atoms with E-state index in [9.17, 15) is 4.79 Å². The third-order valence-corrected chi connectivity index (χ3v) is 1.83. The molecule has 5 heteroatoms. The highest BCUT2D eigenvalue weighted by Gasteiger charge is 2.18. The summed E-state index contributed by atoms with van der Waals surface area (Å²) in [4.78, 5) is 11.4. The summed E-state index contributed by atoms with van der Waals surface area (Å²) < 4.78 is 4.53. The van der Waals surface area contributed by atoms with Crippen molar-refractivity contribution >= 4 is 5.91 Å². The first-order valence-corrected chi connectivity index (χ1v) is 4.34. The summed E-state index contributed by atoms with van der Waals surface area (Å²) in [5.41, 5.74) is -0.0712. The highest BCUT2D eigenvalue weighted by Crippen LogP contribution is 2.11. The Hall–Kier alpha value is -1.36. The molecule has 2 N–H and O–H groups in total. The highest BCUT2D eigenvalue weighted by atomic mass is 16.5. The fourth-order valence-electron chi connectivity index (χ4n) is 0.796. The molecule has 1 heterocycles. The molecule has 0 unspecified atom stereocenters. The molecule has 0 saturated carbocycles. The molecule has 5 nitrogen and oxygen atoms in total. The molecule has 78 valence electrons. The molecule has 0 aromatic carbocycles. The number of nitrogens with zero attached hydrogens (tertiary/aromatic N) is 1. The molecule has 1 amide bonds. The van der Waals surface area contributed by atoms with Gasteiger partial charge in [-0.3, -0.25) is 4.79 Å². The van der Waals surface area contributed by atoms with E-state index >= 15 is 0 Å². The van der Waals surface area contributed by atoms with Crippen LogP contribution in [0.3, 0.4) is 0 Å². The Balaban J connectivity index is 2.43. The largest absolute Gasteiger partial charge is 0.396 e. The number of aromatic nitrogens is 1. The van der Waals surface area contributed by atoms with Gasteiger partial charge in [-0.2, -0.15) is 0 Å². The average molecular weight is 198 g/mol. The van der Waals surface area contributed by atoms with Crippen LogP contribution in [-0.4, -0.2) is 29.3 Å². The maximum absolute atomic E-state index is 11.4. The van der Waals surface area contributed by atoms with Crippen LogP contribution >= 0.6 is 0 Å². The average Bonchev–Trinajstić information content (AvgIpc) is 2.67. The quantitative estimate of drug-likeness (QED) is 0.735. The lowest BCUT2D eigenvalue weighted by Crippen LogP contribution is -2.36. The molecule has 0 saturated heterocycles. The van der Waals surface area contributed by atoms with Gasteiger partial charge in [-0.1, -0.05) is 19.0 Å². The molecule has 0 aliphatic carbocycles. The van der Waals surface area contributed by atoms with Crippen molar-refractivity contribution < 1.29 is 14.4 Å². The molecule has 1 rings (SSSR count). The summed E-state index contributed by atoms with van der Waals surface area (Å²) >= 11 is 0. The standard InChI is InChI=1S/C9H14N2O3/c1-9(2,6-12)5-10-8(13)7-3-4-14-11-7/h3-4,12H,5-6H2,1-2H3,(H,10,13). The van der Waals surface area contributed by atoms with Crippen LogP contribution < -0.4 is 5.32 Å². The van der Waals surface area contributed by atoms with Crippen LogP contribution in [0, 0.1) is 5.41 Å². The number of amides is 1. The minimum absolute atomic E-state index is 0.0199. The van der Waals surface area contributed by atoms with Crippen LogP contribution in [0.25, 0.3) is 0 Å². The van der Waals surface area contributed by atoms with Crippen LogP contribution in [0.5, 0.6) is 0 Å². The van der Waals surface area contributed by atoms with Gasteiger partial charge < -0.3 is 14.9 Å². The number of carbonyl (C=O) groups is 1. The van der Waals surface area contributed by atoms with Gasteiger partial charge in [-0.15, -0.1) is 0 Å². The van der Waals surface area contributed by atoms with Gasteiger partial charge in [0.25, 0.3) is 5.91 Å². The van der Waals surface area contributed by atoms with E-state index in [4.69, 9.17) is 5.11 Å². The van der Waals surface area contributed by atoms with Gasteiger partial charge in [0.2, 0.25) is 0 Å². The van der Waals surface area contributed by atoms with Crippen molar-refractivity contribution in [2.24, 2.45) is 5.41 Å². The molecule has 1 aromatic heterocycles. The molecule has 0 spiro atoms. The van der Waals surface area contributed by atoms with E-state index in [0.29, 0.717) is 6.54 Å². The van der Waals surface area contributed by atoms with Crippen LogP contribution in [0.15, 0.2) is 16.9 Å². The normalized spacial score (nSPS) is 11.4. The molecule has 0 aliphatic heterocycles. The Bertz CT molecular complexity index is 293. The third-order valence-electron chi connectivity index (χ3n) is 1.83. The highest BCUT2D eigenvalue weighted by molar-refractivity contribution is 5.91. The molecular formula is C9H14N2O3. The van der Waals surface area contributed by atoms with E-state index in [2.05, 4.69) is 15.0 Å². The Morgan fingerprint density at radius 3 is 2.93 bits per heavy atom. The minimum atomic E-state index is -0.320. The van der Waals surface area contributed by atoms with Crippen molar-refractivity contribution in [1.29, 1.82) is 0 Å². The number of hydrogen-bond acceptors (Lipinski definition) is 4. The minimum Gasteiger partial charge on any atom is -0.396 e. The lowest BCUT2D eigenvalue weighted by molar-refractivity contribution is 0.0902. The second-order valence-electron chi connectivity index (χ2n) is 3.89. The van der Waals surface area contributed by atoms with Gasteiger partial charge in [0.1, 0.15) is 6.26 Å². The smallest absolute Gasteiger partial charge is 0.273 e. The van der Waals surface area contributed by atoms with Gasteiger partial charge in [0.05, 0.1) is 0 Å². The van der Waals surface area contributed by atoms with Crippen molar-refractivity contribution in [2.75, 3.05) is 13.2 Å². The van der Waals surface area contributed by atoms with E-state index in [-0.39, 0.29) is 23.6 Å². The first-order chi connectivity index (χ1) is 6.55. The van der Waals surface area contributed by atoms with Gasteiger partial charge in [-0.05, 0) is 0 Å². The zero-order chi connectivity index (χ0) is 10.6. The predicted octanol–water partition coefficient (Wildman–Crippen LogP) is 0.423. The topological polar surface area (TPSA) is 75.4 Å². The summed E-state index contributed by atoms with van der Waals surface area (Å²) in [5, 5.41) is 15.1. The zero-order valence-corrected chi connectivity index (χ0v) is 8.28. The lowest BCUT2D eigenvalue weighted by atomic mass is 9.95. The van der Waals surface area contributed by atoms with Gasteiger partial charge >= 0.3 is 0 Å². The molecule has 0 bridgehead atoms.